The number of rotatable bonds is 2. The Morgan fingerprint density at radius 1 is 1.35 bits per heavy atom. The van der Waals surface area contributed by atoms with E-state index in [9.17, 15) is 5.11 Å². The predicted octanol–water partition coefficient (Wildman–Crippen LogP) is 2.39. The van der Waals surface area contributed by atoms with Crippen LogP contribution < -0.4 is 0 Å². The molecule has 1 aliphatic heterocycles. The molecule has 0 aromatic heterocycles. The quantitative estimate of drug-likeness (QED) is 0.668. The molecule has 0 amide bonds. The molecular weight excluding hydrogens is 446 g/mol. The van der Waals surface area contributed by atoms with Crippen LogP contribution in [-0.4, -0.2) is 29.0 Å². The average Bonchev–Trinajstić information content (AvgIpc) is 2.65. The van der Waals surface area contributed by atoms with Gasteiger partial charge >= 0.3 is 0 Å². The maximum atomic E-state index is 9.75. The van der Waals surface area contributed by atoms with Crippen LogP contribution >= 0.6 is 45.2 Å². The maximum Gasteiger partial charge on any atom is 0.107 e. The highest BCUT2D eigenvalue weighted by Gasteiger charge is 2.35. The lowest BCUT2D eigenvalue weighted by Crippen LogP contribution is -2.24. The number of hydrogen-bond donors (Lipinski definition) is 2. The topological polar surface area (TPSA) is 49.7 Å². The molecule has 1 aromatic rings. The van der Waals surface area contributed by atoms with Crippen LogP contribution in [-0.2, 0) is 4.74 Å². The number of aliphatic hydroxyl groups is 2. The van der Waals surface area contributed by atoms with Crippen molar-refractivity contribution in [2.24, 2.45) is 0 Å². The number of benzene rings is 1. The van der Waals surface area contributed by atoms with Crippen LogP contribution in [0.3, 0.4) is 0 Å². The van der Waals surface area contributed by atoms with Crippen molar-refractivity contribution in [2.75, 3.05) is 6.61 Å². The second kappa shape index (κ2) is 5.68. The molecule has 3 atom stereocenters. The average molecular weight is 460 g/mol. The first kappa shape index (κ1) is 14.0. The summed E-state index contributed by atoms with van der Waals surface area (Å²) in [4.78, 5) is 0. The highest BCUT2D eigenvalue weighted by Crippen LogP contribution is 2.36. The van der Waals surface area contributed by atoms with E-state index >= 15 is 0 Å². The first-order valence-corrected chi connectivity index (χ1v) is 7.58. The molecule has 5 heteroatoms. The smallest absolute Gasteiger partial charge is 0.107 e. The Morgan fingerprint density at radius 3 is 2.65 bits per heavy atom. The third kappa shape index (κ3) is 2.94. The molecule has 0 radical (unpaired) electrons. The minimum absolute atomic E-state index is 0.107. The second-order valence-corrected chi connectivity index (χ2v) is 6.60. The summed E-state index contributed by atoms with van der Waals surface area (Å²) in [6.45, 7) is 1.94. The fourth-order valence-corrected chi connectivity index (χ4v) is 3.90. The predicted molar refractivity (Wildman–Crippen MR) is 81.9 cm³/mol. The highest BCUT2D eigenvalue weighted by atomic mass is 127. The first-order chi connectivity index (χ1) is 8.02. The number of ether oxygens (including phenoxy) is 1. The summed E-state index contributed by atoms with van der Waals surface area (Å²) >= 11 is 4.60. The van der Waals surface area contributed by atoms with Gasteiger partial charge in [0, 0.05) is 13.6 Å². The summed E-state index contributed by atoms with van der Waals surface area (Å²) in [5, 5.41) is 18.8. The molecule has 17 heavy (non-hydrogen) atoms. The lowest BCUT2D eigenvalue weighted by Gasteiger charge is -2.15. The number of aryl methyl sites for hydroxylation is 1. The third-order valence-electron chi connectivity index (χ3n) is 3.03. The highest BCUT2D eigenvalue weighted by molar-refractivity contribution is 14.1. The maximum absolute atomic E-state index is 9.75. The Kier molecular flexibility index (Phi) is 4.67. The van der Waals surface area contributed by atoms with Crippen LogP contribution in [0, 0.1) is 14.1 Å². The van der Waals surface area contributed by atoms with E-state index in [2.05, 4.69) is 64.2 Å². The van der Waals surface area contributed by atoms with Crippen molar-refractivity contribution < 1.29 is 14.9 Å². The lowest BCUT2D eigenvalue weighted by molar-refractivity contribution is -0.0227. The van der Waals surface area contributed by atoms with Crippen LogP contribution in [0.2, 0.25) is 0 Å². The summed E-state index contributed by atoms with van der Waals surface area (Å²) in [7, 11) is 0. The van der Waals surface area contributed by atoms with Crippen molar-refractivity contribution in [1.29, 1.82) is 0 Å². The van der Waals surface area contributed by atoms with Crippen LogP contribution in [0.4, 0.5) is 0 Å². The largest absolute Gasteiger partial charge is 0.394 e. The van der Waals surface area contributed by atoms with E-state index in [0.717, 1.165) is 9.13 Å². The van der Waals surface area contributed by atoms with E-state index in [-0.39, 0.29) is 12.7 Å². The van der Waals surface area contributed by atoms with Crippen molar-refractivity contribution >= 4 is 45.2 Å². The van der Waals surface area contributed by atoms with Gasteiger partial charge in [0.2, 0.25) is 0 Å². The van der Waals surface area contributed by atoms with Crippen molar-refractivity contribution in [3.63, 3.8) is 0 Å². The number of halogens is 2. The zero-order valence-corrected chi connectivity index (χ0v) is 13.7. The van der Waals surface area contributed by atoms with Crippen LogP contribution in [0.1, 0.15) is 23.7 Å². The molecule has 0 bridgehead atoms. The molecule has 0 spiro atoms. The normalized spacial score (nSPS) is 28.6. The monoisotopic (exact) mass is 460 g/mol. The summed E-state index contributed by atoms with van der Waals surface area (Å²) in [5.74, 6) is 0. The Labute approximate surface area is 128 Å². The zero-order valence-electron chi connectivity index (χ0n) is 9.36. The minimum atomic E-state index is -0.569. The number of hydrogen-bond acceptors (Lipinski definition) is 3. The Bertz CT molecular complexity index is 422. The van der Waals surface area contributed by atoms with Gasteiger partial charge in [0.15, 0.2) is 0 Å². The molecule has 1 fully saturated rings. The SMILES string of the molecule is Cc1cc([C@H]2CC(O)[C@@H](CO)O2)c(I)cc1I. The molecule has 1 heterocycles. The van der Waals surface area contributed by atoms with Crippen LogP contribution in [0.25, 0.3) is 0 Å². The molecule has 1 saturated heterocycles. The van der Waals surface area contributed by atoms with E-state index in [4.69, 9.17) is 9.84 Å². The molecule has 1 aliphatic rings. The van der Waals surface area contributed by atoms with Crippen molar-refractivity contribution in [3.05, 3.63) is 30.4 Å². The zero-order chi connectivity index (χ0) is 12.6. The second-order valence-electron chi connectivity index (χ2n) is 4.27. The number of aliphatic hydroxyl groups excluding tert-OH is 2. The minimum Gasteiger partial charge on any atom is -0.394 e. The molecular formula is C12H14I2O3. The van der Waals surface area contributed by atoms with E-state index in [1.165, 1.54) is 9.13 Å². The van der Waals surface area contributed by atoms with Gasteiger partial charge in [-0.15, -0.1) is 0 Å². The summed E-state index contributed by atoms with van der Waals surface area (Å²) < 4.78 is 8.05. The van der Waals surface area contributed by atoms with Gasteiger partial charge in [0.1, 0.15) is 6.10 Å². The molecule has 1 unspecified atom stereocenters. The van der Waals surface area contributed by atoms with Gasteiger partial charge in [0.05, 0.1) is 18.8 Å². The molecule has 3 nitrogen and oxygen atoms in total. The third-order valence-corrected chi connectivity index (χ3v) is 5.12. The van der Waals surface area contributed by atoms with Gasteiger partial charge < -0.3 is 14.9 Å². The van der Waals surface area contributed by atoms with Gasteiger partial charge in [0.25, 0.3) is 0 Å². The lowest BCUT2D eigenvalue weighted by atomic mass is 10.0. The molecule has 1 aromatic carbocycles. The van der Waals surface area contributed by atoms with Crippen LogP contribution in [0.5, 0.6) is 0 Å². The molecule has 94 valence electrons. The van der Waals surface area contributed by atoms with Gasteiger partial charge in [-0.25, -0.2) is 0 Å². The van der Waals surface area contributed by atoms with Crippen LogP contribution in [0.15, 0.2) is 12.1 Å². The summed E-state index contributed by atoms with van der Waals surface area (Å²) in [6.07, 6.45) is -0.568. The standard InChI is InChI=1S/C12H14I2O3/c1-6-2-7(9(14)3-8(6)13)11-4-10(16)12(5-15)17-11/h2-3,10-12,15-16H,4-5H2,1H3/t10?,11-,12-/m1/s1. The molecule has 0 saturated carbocycles. The molecule has 2 rings (SSSR count). The first-order valence-electron chi connectivity index (χ1n) is 5.43. The Hall–Kier alpha value is 0.560. The van der Waals surface area contributed by atoms with Gasteiger partial charge in [-0.2, -0.15) is 0 Å². The fraction of sp³-hybridized carbons (Fsp3) is 0.500. The fourth-order valence-electron chi connectivity index (χ4n) is 2.02. The van der Waals surface area contributed by atoms with Crippen molar-refractivity contribution in [2.45, 2.75) is 31.7 Å². The van der Waals surface area contributed by atoms with Gasteiger partial charge in [-0.05, 0) is 69.3 Å². The van der Waals surface area contributed by atoms with E-state index in [1.54, 1.807) is 0 Å². The van der Waals surface area contributed by atoms with E-state index < -0.39 is 12.2 Å². The van der Waals surface area contributed by atoms with Crippen molar-refractivity contribution in [1.82, 2.24) is 0 Å². The summed E-state index contributed by atoms with van der Waals surface area (Å²) in [6, 6.07) is 4.23. The van der Waals surface area contributed by atoms with E-state index in [1.807, 2.05) is 0 Å². The van der Waals surface area contributed by atoms with Gasteiger partial charge in [-0.3, -0.25) is 0 Å². The van der Waals surface area contributed by atoms with E-state index in [0.29, 0.717) is 6.42 Å². The Morgan fingerprint density at radius 2 is 2.06 bits per heavy atom. The Balaban J connectivity index is 2.27. The van der Waals surface area contributed by atoms with Crippen molar-refractivity contribution in [3.8, 4) is 0 Å². The van der Waals surface area contributed by atoms with Gasteiger partial charge in [-0.1, -0.05) is 6.07 Å². The molecule has 0 aliphatic carbocycles. The molecule has 2 N–H and O–H groups in total. The summed E-state index contributed by atoms with van der Waals surface area (Å²) in [5.41, 5.74) is 2.32.